The van der Waals surface area contributed by atoms with E-state index in [1.165, 1.54) is 18.1 Å². The average Bonchev–Trinajstić information content (AvgIpc) is 2.79. The number of hydrogen-bond donors (Lipinski definition) is 2. The molecular weight excluding hydrogens is 523 g/mol. The minimum absolute atomic E-state index is 0.195. The van der Waals surface area contributed by atoms with E-state index in [4.69, 9.17) is 15.7 Å². The second kappa shape index (κ2) is 10.9. The Morgan fingerprint density at radius 2 is 1.86 bits per heavy atom. The lowest BCUT2D eigenvalue weighted by molar-refractivity contribution is -0.274. The zero-order valence-electron chi connectivity index (χ0n) is 20.2. The molecule has 3 N–H and O–H groups in total. The van der Waals surface area contributed by atoms with Crippen LogP contribution in [0.2, 0.25) is 0 Å². The number of alkyl halides is 3. The van der Waals surface area contributed by atoms with Gasteiger partial charge in [-0.3, -0.25) is 0 Å². The maximum absolute atomic E-state index is 12.8. The highest BCUT2D eigenvalue weighted by Crippen LogP contribution is 2.34. The van der Waals surface area contributed by atoms with Crippen LogP contribution >= 0.6 is 15.9 Å². The molecule has 0 amide bonds. The van der Waals surface area contributed by atoms with Gasteiger partial charge in [0, 0.05) is 36.2 Å². The lowest BCUT2D eigenvalue weighted by Gasteiger charge is -2.33. The molecule has 1 atom stereocenters. The number of ether oxygens (including phenoxy) is 1. The number of aryl methyl sites for hydroxylation is 1. The van der Waals surface area contributed by atoms with Crippen LogP contribution in [0.1, 0.15) is 55.3 Å². The Hall–Kier alpha value is -2.07. The number of halogens is 4. The first-order valence-corrected chi connectivity index (χ1v) is 13.0. The van der Waals surface area contributed by atoms with Gasteiger partial charge >= 0.3 is 6.36 Å². The van der Waals surface area contributed by atoms with E-state index in [-0.39, 0.29) is 23.8 Å². The van der Waals surface area contributed by atoms with E-state index in [0.29, 0.717) is 22.4 Å². The van der Waals surface area contributed by atoms with Gasteiger partial charge in [0.1, 0.15) is 11.6 Å². The summed E-state index contributed by atoms with van der Waals surface area (Å²) in [5.74, 6) is 1.72. The minimum atomic E-state index is -4.74. The van der Waals surface area contributed by atoms with Gasteiger partial charge in [0.25, 0.3) is 0 Å². The molecule has 4 rings (SSSR count). The van der Waals surface area contributed by atoms with Crippen molar-refractivity contribution >= 4 is 27.7 Å². The molecule has 0 bridgehead atoms. The molecular formula is C25H33BrF3N5O. The molecule has 0 radical (unpaired) electrons. The Balaban J connectivity index is 1.36. The Bertz CT molecular complexity index is 1020. The molecule has 35 heavy (non-hydrogen) atoms. The zero-order chi connectivity index (χ0) is 25.2. The number of fused-ring (bicyclic) bond motifs is 1. The molecule has 1 unspecified atom stereocenters. The summed E-state index contributed by atoms with van der Waals surface area (Å²) in [6.07, 6.45) is 3.59. The van der Waals surface area contributed by atoms with Crippen molar-refractivity contribution in [1.29, 1.82) is 0 Å². The average molecular weight is 556 g/mol. The fraction of sp³-hybridized carbons (Fsp3) is 0.600. The monoisotopic (exact) mass is 555 g/mol. The van der Waals surface area contributed by atoms with E-state index in [0.717, 1.165) is 56.5 Å². The van der Waals surface area contributed by atoms with Crippen molar-refractivity contribution in [2.75, 3.05) is 24.3 Å². The van der Waals surface area contributed by atoms with Gasteiger partial charge in [-0.05, 0) is 81.4 Å². The summed E-state index contributed by atoms with van der Waals surface area (Å²) in [6.45, 7) is 0. The highest BCUT2D eigenvalue weighted by molar-refractivity contribution is 9.10. The van der Waals surface area contributed by atoms with E-state index in [2.05, 4.69) is 30.9 Å². The van der Waals surface area contributed by atoms with Crippen molar-refractivity contribution in [2.45, 2.75) is 76.2 Å². The minimum Gasteiger partial charge on any atom is -0.405 e. The van der Waals surface area contributed by atoms with Gasteiger partial charge in [0.2, 0.25) is 5.95 Å². The van der Waals surface area contributed by atoms with Gasteiger partial charge in [-0.2, -0.15) is 4.98 Å². The number of aromatic nitrogens is 2. The van der Waals surface area contributed by atoms with Crippen molar-refractivity contribution in [3.05, 3.63) is 39.5 Å². The van der Waals surface area contributed by atoms with E-state index >= 15 is 0 Å². The SMILES string of the molecule is CN(C)c1nc(NC2CCC(C(N)Cc3ccc(Br)cc3OC(F)(F)F)CC2)nc2c1CCCC2. The number of benzene rings is 1. The molecule has 1 heterocycles. The Morgan fingerprint density at radius 1 is 1.14 bits per heavy atom. The summed E-state index contributed by atoms with van der Waals surface area (Å²) in [7, 11) is 4.04. The molecule has 2 aliphatic rings. The third-order valence-corrected chi connectivity index (χ3v) is 7.50. The molecule has 10 heteroatoms. The normalized spacial score (nSPS) is 21.2. The second-order valence-corrected chi connectivity index (χ2v) is 10.7. The molecule has 192 valence electrons. The number of nitrogens with two attached hydrogens (primary N) is 1. The Kier molecular flexibility index (Phi) is 8.10. The van der Waals surface area contributed by atoms with Crippen molar-refractivity contribution in [3.63, 3.8) is 0 Å². The lowest BCUT2D eigenvalue weighted by Crippen LogP contribution is -2.38. The van der Waals surface area contributed by atoms with Gasteiger partial charge in [-0.1, -0.05) is 22.0 Å². The van der Waals surface area contributed by atoms with E-state index < -0.39 is 6.36 Å². The highest BCUT2D eigenvalue weighted by Gasteiger charge is 2.33. The number of rotatable bonds is 7. The smallest absolute Gasteiger partial charge is 0.405 e. The summed E-state index contributed by atoms with van der Waals surface area (Å²) < 4.78 is 43.3. The predicted octanol–water partition coefficient (Wildman–Crippen LogP) is 5.62. The summed E-state index contributed by atoms with van der Waals surface area (Å²) in [4.78, 5) is 11.7. The first kappa shape index (κ1) is 26.0. The molecule has 0 saturated heterocycles. The van der Waals surface area contributed by atoms with Gasteiger partial charge < -0.3 is 20.7 Å². The molecule has 1 fully saturated rings. The van der Waals surface area contributed by atoms with Crippen LogP contribution in [0.5, 0.6) is 5.75 Å². The fourth-order valence-corrected chi connectivity index (χ4v) is 5.56. The van der Waals surface area contributed by atoms with Gasteiger partial charge in [0.05, 0.1) is 5.69 Å². The number of hydrogen-bond acceptors (Lipinski definition) is 6. The molecule has 0 spiro atoms. The van der Waals surface area contributed by atoms with Crippen LogP contribution in [0.15, 0.2) is 22.7 Å². The topological polar surface area (TPSA) is 76.3 Å². The number of anilines is 2. The van der Waals surface area contributed by atoms with Crippen LogP contribution in [0, 0.1) is 5.92 Å². The van der Waals surface area contributed by atoms with Gasteiger partial charge in [-0.15, -0.1) is 13.2 Å². The standard InChI is InChI=1S/C25H33BrF3N5O/c1-34(2)23-19-5-3-4-6-21(19)32-24(33-23)31-18-11-8-15(9-12-18)20(30)13-16-7-10-17(26)14-22(16)35-25(27,28)29/h7,10,14-15,18,20H,3-6,8-9,11-13,30H2,1-2H3,(H,31,32,33). The molecule has 1 aromatic carbocycles. The van der Waals surface area contributed by atoms with Crippen LogP contribution in [0.3, 0.4) is 0 Å². The first-order valence-electron chi connectivity index (χ1n) is 12.2. The quantitative estimate of drug-likeness (QED) is 0.461. The molecule has 1 aromatic heterocycles. The predicted molar refractivity (Wildman–Crippen MR) is 135 cm³/mol. The van der Waals surface area contributed by atoms with E-state index in [9.17, 15) is 13.2 Å². The Morgan fingerprint density at radius 3 is 2.54 bits per heavy atom. The van der Waals surface area contributed by atoms with Crippen LogP contribution in [-0.2, 0) is 19.3 Å². The fourth-order valence-electron chi connectivity index (χ4n) is 5.22. The molecule has 6 nitrogen and oxygen atoms in total. The molecule has 1 saturated carbocycles. The molecule has 0 aliphatic heterocycles. The molecule has 2 aromatic rings. The van der Waals surface area contributed by atoms with Crippen molar-refractivity contribution in [2.24, 2.45) is 11.7 Å². The third kappa shape index (κ3) is 6.78. The van der Waals surface area contributed by atoms with Crippen LogP contribution in [0.25, 0.3) is 0 Å². The first-order chi connectivity index (χ1) is 16.6. The van der Waals surface area contributed by atoms with Crippen LogP contribution < -0.4 is 20.7 Å². The summed E-state index contributed by atoms with van der Waals surface area (Å²) in [6, 6.07) is 4.72. The van der Waals surface area contributed by atoms with Crippen molar-refractivity contribution < 1.29 is 17.9 Å². The van der Waals surface area contributed by atoms with Crippen LogP contribution in [0.4, 0.5) is 24.9 Å². The van der Waals surface area contributed by atoms with E-state index in [1.54, 1.807) is 12.1 Å². The van der Waals surface area contributed by atoms with Crippen LogP contribution in [-0.4, -0.2) is 42.5 Å². The summed E-state index contributed by atoms with van der Waals surface area (Å²) >= 11 is 3.21. The maximum Gasteiger partial charge on any atom is 0.573 e. The lowest BCUT2D eigenvalue weighted by atomic mass is 9.80. The van der Waals surface area contributed by atoms with Gasteiger partial charge in [-0.25, -0.2) is 4.98 Å². The second-order valence-electron chi connectivity index (χ2n) is 9.82. The number of nitrogens with one attached hydrogen (secondary N) is 1. The third-order valence-electron chi connectivity index (χ3n) is 7.01. The largest absolute Gasteiger partial charge is 0.573 e. The summed E-state index contributed by atoms with van der Waals surface area (Å²) in [5, 5.41) is 3.54. The Labute approximate surface area is 213 Å². The highest BCUT2D eigenvalue weighted by atomic mass is 79.9. The van der Waals surface area contributed by atoms with E-state index in [1.807, 2.05) is 14.1 Å². The molecule has 2 aliphatic carbocycles. The van der Waals surface area contributed by atoms with Crippen molar-refractivity contribution in [3.8, 4) is 5.75 Å². The maximum atomic E-state index is 12.8. The summed E-state index contributed by atoms with van der Waals surface area (Å²) in [5.41, 5.74) is 9.37. The van der Waals surface area contributed by atoms with Gasteiger partial charge in [0.15, 0.2) is 0 Å². The number of nitrogens with zero attached hydrogens (tertiary/aromatic N) is 3. The zero-order valence-corrected chi connectivity index (χ0v) is 21.8. The van der Waals surface area contributed by atoms with Crippen molar-refractivity contribution in [1.82, 2.24) is 9.97 Å².